The van der Waals surface area contributed by atoms with Crippen LogP contribution in [0, 0.1) is 5.92 Å². The van der Waals surface area contributed by atoms with Gasteiger partial charge in [-0.05, 0) is 36.5 Å². The minimum Gasteiger partial charge on any atom is -0.494 e. The molecule has 0 amide bonds. The van der Waals surface area contributed by atoms with Crippen LogP contribution in [0.4, 0.5) is 0 Å². The quantitative estimate of drug-likeness (QED) is 0.785. The van der Waals surface area contributed by atoms with E-state index in [4.69, 9.17) is 16.3 Å². The lowest BCUT2D eigenvalue weighted by Gasteiger charge is -2.16. The maximum absolute atomic E-state index is 11.5. The molecule has 0 N–H and O–H groups in total. The Balaban J connectivity index is 2.01. The van der Waals surface area contributed by atoms with Gasteiger partial charge in [-0.3, -0.25) is 0 Å². The minimum absolute atomic E-state index is 0.0223. The zero-order valence-electron chi connectivity index (χ0n) is 11.0. The van der Waals surface area contributed by atoms with Gasteiger partial charge in [-0.15, -0.1) is 11.6 Å². The third-order valence-corrected chi connectivity index (χ3v) is 5.75. The average Bonchev–Trinajstić information content (AvgIpc) is 2.76. The van der Waals surface area contributed by atoms with E-state index in [1.807, 2.05) is 24.3 Å². The number of hydrogen-bond acceptors (Lipinski definition) is 3. The summed E-state index contributed by atoms with van der Waals surface area (Å²) >= 11 is 6.39. The molecule has 1 fully saturated rings. The third kappa shape index (κ3) is 3.86. The van der Waals surface area contributed by atoms with Crippen LogP contribution >= 0.6 is 11.6 Å². The summed E-state index contributed by atoms with van der Waals surface area (Å²) in [6, 6.07) is 7.63. The Morgan fingerprint density at radius 3 is 2.58 bits per heavy atom. The molecule has 3 nitrogen and oxygen atoms in total. The molecule has 1 saturated heterocycles. The van der Waals surface area contributed by atoms with Gasteiger partial charge in [-0.25, -0.2) is 8.42 Å². The highest BCUT2D eigenvalue weighted by Gasteiger charge is 2.33. The molecule has 1 heterocycles. The standard InChI is InChI=1S/C14H19ClO3S/c1-2-8-18-13-5-3-11(4-6-13)14(15)12-7-9-19(16,17)10-12/h3-6,12,14H,2,7-10H2,1H3. The van der Waals surface area contributed by atoms with Gasteiger partial charge in [-0.1, -0.05) is 19.1 Å². The van der Waals surface area contributed by atoms with Crippen molar-refractivity contribution in [2.75, 3.05) is 18.1 Å². The van der Waals surface area contributed by atoms with Crippen molar-refractivity contribution in [1.29, 1.82) is 0 Å². The van der Waals surface area contributed by atoms with Crippen molar-refractivity contribution in [3.05, 3.63) is 29.8 Å². The molecule has 1 aliphatic rings. The molecule has 0 spiro atoms. The second-order valence-electron chi connectivity index (χ2n) is 4.98. The first-order valence-corrected chi connectivity index (χ1v) is 8.85. The summed E-state index contributed by atoms with van der Waals surface area (Å²) in [5.74, 6) is 1.32. The van der Waals surface area contributed by atoms with E-state index in [9.17, 15) is 8.42 Å². The van der Waals surface area contributed by atoms with E-state index in [1.54, 1.807) is 0 Å². The second kappa shape index (κ2) is 6.14. The summed E-state index contributed by atoms with van der Waals surface area (Å²) < 4.78 is 28.5. The summed E-state index contributed by atoms with van der Waals surface area (Å²) in [6.07, 6.45) is 1.63. The molecule has 5 heteroatoms. The van der Waals surface area contributed by atoms with Gasteiger partial charge in [-0.2, -0.15) is 0 Å². The van der Waals surface area contributed by atoms with Gasteiger partial charge in [0.1, 0.15) is 5.75 Å². The van der Waals surface area contributed by atoms with E-state index in [0.29, 0.717) is 13.0 Å². The SMILES string of the molecule is CCCOc1ccc(C(Cl)C2CCS(=O)(=O)C2)cc1. The molecule has 106 valence electrons. The summed E-state index contributed by atoms with van der Waals surface area (Å²) in [5, 5.41) is -0.238. The van der Waals surface area contributed by atoms with Crippen LogP contribution in [-0.4, -0.2) is 26.5 Å². The molecular formula is C14H19ClO3S. The minimum atomic E-state index is -2.88. The highest BCUT2D eigenvalue weighted by molar-refractivity contribution is 7.91. The number of halogens is 1. The van der Waals surface area contributed by atoms with E-state index < -0.39 is 9.84 Å². The zero-order valence-corrected chi connectivity index (χ0v) is 12.6. The van der Waals surface area contributed by atoms with Gasteiger partial charge >= 0.3 is 0 Å². The van der Waals surface area contributed by atoms with E-state index >= 15 is 0 Å². The van der Waals surface area contributed by atoms with E-state index in [-0.39, 0.29) is 22.8 Å². The Hall–Kier alpha value is -0.740. The van der Waals surface area contributed by atoms with E-state index in [2.05, 4.69) is 6.92 Å². The Morgan fingerprint density at radius 1 is 1.37 bits per heavy atom. The van der Waals surface area contributed by atoms with E-state index in [0.717, 1.165) is 17.7 Å². The molecule has 0 radical (unpaired) electrons. The lowest BCUT2D eigenvalue weighted by molar-refractivity contribution is 0.317. The number of benzene rings is 1. The molecule has 1 aromatic rings. The number of alkyl halides is 1. The predicted molar refractivity (Wildman–Crippen MR) is 77.6 cm³/mol. The summed E-state index contributed by atoms with van der Waals surface area (Å²) in [7, 11) is -2.88. The van der Waals surface area contributed by atoms with Gasteiger partial charge in [0.15, 0.2) is 9.84 Å². The Bertz CT molecular complexity index is 510. The number of sulfone groups is 1. The Morgan fingerprint density at radius 2 is 2.05 bits per heavy atom. The normalized spacial score (nSPS) is 23.2. The molecule has 0 saturated carbocycles. The maximum Gasteiger partial charge on any atom is 0.150 e. The largest absolute Gasteiger partial charge is 0.494 e. The summed E-state index contributed by atoms with van der Waals surface area (Å²) in [6.45, 7) is 2.76. The molecule has 2 rings (SSSR count). The van der Waals surface area contributed by atoms with Gasteiger partial charge < -0.3 is 4.74 Å². The highest BCUT2D eigenvalue weighted by atomic mass is 35.5. The smallest absolute Gasteiger partial charge is 0.150 e. The van der Waals surface area contributed by atoms with Crippen LogP contribution in [-0.2, 0) is 9.84 Å². The molecular weight excluding hydrogens is 284 g/mol. The summed E-state index contributed by atoms with van der Waals surface area (Å²) in [4.78, 5) is 0. The zero-order chi connectivity index (χ0) is 13.9. The number of hydrogen-bond donors (Lipinski definition) is 0. The van der Waals surface area contributed by atoms with Crippen molar-refractivity contribution in [1.82, 2.24) is 0 Å². The first-order valence-electron chi connectivity index (χ1n) is 6.59. The molecule has 2 atom stereocenters. The third-order valence-electron chi connectivity index (χ3n) is 3.35. The van der Waals surface area contributed by atoms with Gasteiger partial charge in [0.25, 0.3) is 0 Å². The maximum atomic E-state index is 11.5. The van der Waals surface area contributed by atoms with Crippen molar-refractivity contribution < 1.29 is 13.2 Å². The Kier molecular flexibility index (Phi) is 4.74. The van der Waals surface area contributed by atoms with Crippen molar-refractivity contribution >= 4 is 21.4 Å². The molecule has 19 heavy (non-hydrogen) atoms. The van der Waals surface area contributed by atoms with Crippen LogP contribution in [0.5, 0.6) is 5.75 Å². The monoisotopic (exact) mass is 302 g/mol. The van der Waals surface area contributed by atoms with Crippen LogP contribution in [0.25, 0.3) is 0 Å². The van der Waals surface area contributed by atoms with Crippen LogP contribution < -0.4 is 4.74 Å². The first kappa shape index (κ1) is 14.7. The van der Waals surface area contributed by atoms with Gasteiger partial charge in [0, 0.05) is 0 Å². The average molecular weight is 303 g/mol. The fraction of sp³-hybridized carbons (Fsp3) is 0.571. The van der Waals surface area contributed by atoms with Gasteiger partial charge in [0.05, 0.1) is 23.5 Å². The van der Waals surface area contributed by atoms with Crippen molar-refractivity contribution in [3.8, 4) is 5.75 Å². The lowest BCUT2D eigenvalue weighted by atomic mass is 9.98. The van der Waals surface area contributed by atoms with Crippen molar-refractivity contribution in [2.24, 2.45) is 5.92 Å². The molecule has 2 unspecified atom stereocenters. The van der Waals surface area contributed by atoms with E-state index in [1.165, 1.54) is 0 Å². The summed E-state index contributed by atoms with van der Waals surface area (Å²) in [5.41, 5.74) is 0.965. The van der Waals surface area contributed by atoms with Crippen LogP contribution in [0.3, 0.4) is 0 Å². The van der Waals surface area contributed by atoms with Gasteiger partial charge in [0.2, 0.25) is 0 Å². The predicted octanol–water partition coefficient (Wildman–Crippen LogP) is 3.19. The molecule has 0 aliphatic carbocycles. The fourth-order valence-corrected chi connectivity index (χ4v) is 4.60. The molecule has 0 aromatic heterocycles. The molecule has 0 bridgehead atoms. The second-order valence-corrected chi connectivity index (χ2v) is 7.68. The highest BCUT2D eigenvalue weighted by Crippen LogP contribution is 2.36. The van der Waals surface area contributed by atoms with Crippen molar-refractivity contribution in [2.45, 2.75) is 25.1 Å². The van der Waals surface area contributed by atoms with Crippen LogP contribution in [0.2, 0.25) is 0 Å². The van der Waals surface area contributed by atoms with Crippen LogP contribution in [0.15, 0.2) is 24.3 Å². The molecule has 1 aliphatic heterocycles. The fourth-order valence-electron chi connectivity index (χ4n) is 2.29. The van der Waals surface area contributed by atoms with Crippen LogP contribution in [0.1, 0.15) is 30.7 Å². The topological polar surface area (TPSA) is 43.4 Å². The lowest BCUT2D eigenvalue weighted by Crippen LogP contribution is -2.10. The Labute approximate surface area is 119 Å². The molecule has 1 aromatic carbocycles. The number of ether oxygens (including phenoxy) is 1. The first-order chi connectivity index (χ1) is 9.02. The van der Waals surface area contributed by atoms with Crippen molar-refractivity contribution in [3.63, 3.8) is 0 Å². The number of rotatable bonds is 5.